The van der Waals surface area contributed by atoms with Crippen molar-refractivity contribution in [3.05, 3.63) is 313 Å². The van der Waals surface area contributed by atoms with E-state index in [4.69, 9.17) is 16.6 Å². The first-order valence-electron chi connectivity index (χ1n) is 32.2. The first-order chi connectivity index (χ1) is 45.8. The maximum absolute atomic E-state index is 8.94. The van der Waals surface area contributed by atoms with Crippen molar-refractivity contribution in [2.24, 2.45) is 0 Å². The van der Waals surface area contributed by atoms with E-state index in [9.17, 15) is 0 Å². The molecule has 7 heteroatoms. The van der Waals surface area contributed by atoms with Gasteiger partial charge in [-0.25, -0.2) is 0 Å². The SMILES string of the molecule is [2H]c1c([2H])c([2H])c(-c2ccc3c(c2)c2ccc(Oc4[c-]c5c(cc4)n(-c4c(-c6ccccc6)cccc4-c4ccccc4)c4ccccc4c4cccc6c4n5[c](=[Pt])n6-c4c(-c5ccccc5)cccc4-c4ccccc4)[c-]c2n3-c2cc(C(C)(C)C)ccn2)c([2H])c1[2H]. The van der Waals surface area contributed by atoms with Gasteiger partial charge in [-0.2, -0.15) is 0 Å². The van der Waals surface area contributed by atoms with Crippen LogP contribution in [0.1, 0.15) is 33.2 Å². The summed E-state index contributed by atoms with van der Waals surface area (Å²) in [6.07, 6.45) is 1.83. The summed E-state index contributed by atoms with van der Waals surface area (Å²) in [6.45, 7) is 6.52. The van der Waals surface area contributed by atoms with Crippen molar-refractivity contribution in [2.75, 3.05) is 0 Å². The Morgan fingerprint density at radius 1 is 0.404 bits per heavy atom. The quantitative estimate of drug-likeness (QED) is 0.128. The molecule has 6 nitrogen and oxygen atoms in total. The number of fused-ring (bicyclic) bond motifs is 7. The molecule has 0 N–H and O–H groups in total. The van der Waals surface area contributed by atoms with E-state index >= 15 is 0 Å². The van der Waals surface area contributed by atoms with Gasteiger partial charge in [-0.3, -0.25) is 0 Å². The molecule has 0 atom stereocenters. The normalized spacial score (nSPS) is 12.6. The second kappa shape index (κ2) is 21.9. The number of hydrogen-bond donors (Lipinski definition) is 0. The van der Waals surface area contributed by atoms with E-state index in [2.05, 4.69) is 283 Å². The number of benzene rings is 12. The number of rotatable bonds is 10. The Morgan fingerprint density at radius 2 is 0.910 bits per heavy atom. The molecule has 0 aliphatic heterocycles. The summed E-state index contributed by atoms with van der Waals surface area (Å²) in [6, 6.07) is 94.9. The van der Waals surface area contributed by atoms with Crippen molar-refractivity contribution in [1.82, 2.24) is 23.1 Å². The molecule has 4 aromatic heterocycles. The monoisotopic (exact) mass is 1330 g/mol. The summed E-state index contributed by atoms with van der Waals surface area (Å²) < 4.78 is 60.7. The van der Waals surface area contributed by atoms with Gasteiger partial charge >= 0.3 is 439 Å². The second-order valence-electron chi connectivity index (χ2n) is 23.3. The van der Waals surface area contributed by atoms with Gasteiger partial charge in [-0.1, -0.05) is 57.0 Å². The van der Waals surface area contributed by atoms with Gasteiger partial charge in [-0.05, 0) is 28.2 Å². The van der Waals surface area contributed by atoms with Crippen molar-refractivity contribution < 1.29 is 30.9 Å². The van der Waals surface area contributed by atoms with E-state index in [0.717, 1.165) is 120 Å². The first kappa shape index (κ1) is 48.5. The number of para-hydroxylation sites is 4. The van der Waals surface area contributed by atoms with Crippen LogP contribution in [0.2, 0.25) is 0 Å². The summed E-state index contributed by atoms with van der Waals surface area (Å²) in [5.74, 6) is 1.53. The number of hydrogen-bond acceptors (Lipinski definition) is 2. The zero-order valence-electron chi connectivity index (χ0n) is 53.8. The van der Waals surface area contributed by atoms with Crippen LogP contribution in [0.3, 0.4) is 0 Å². The molecule has 89 heavy (non-hydrogen) atoms. The van der Waals surface area contributed by atoms with E-state index < -0.39 is 18.1 Å². The standard InChI is InChI=1S/C82H57N5O.Pt/c1-82(2,3)61-48-49-83-78(51-61)86-73-46-42-60(55-24-9-4-10-25-55)50-71(73)69-45-43-62(52-76(69)86)88-63-44-47-74-77(53-63)85-54-84(79-64(56-26-11-5-12-27-56)35-21-36-65(79)57-28-13-6-14-29-57)75-41-23-39-70(81(75)85)68-34-19-20-40-72(68)87(74)80-66(58-30-15-7-16-31-58)37-22-38-67(80)59-32-17-8-18-33-59;/h4-51H,1-3H3;/q-2;/i4D,9D,10D,24D,25D;. The Hall–Kier alpha value is -10.7. The van der Waals surface area contributed by atoms with Crippen molar-refractivity contribution in [1.29, 1.82) is 0 Å². The Kier molecular flexibility index (Phi) is 11.9. The minimum atomic E-state index is -0.439. The molecule has 0 bridgehead atoms. The summed E-state index contributed by atoms with van der Waals surface area (Å²) in [5.41, 5.74) is 18.1. The molecule has 0 aliphatic carbocycles. The molecule has 0 unspecified atom stereocenters. The van der Waals surface area contributed by atoms with Crippen LogP contribution in [0.4, 0.5) is 0 Å². The molecule has 4 heterocycles. The second-order valence-corrected chi connectivity index (χ2v) is 24.3. The van der Waals surface area contributed by atoms with Gasteiger partial charge < -0.3 is 0 Å². The van der Waals surface area contributed by atoms with Gasteiger partial charge in [0.2, 0.25) is 0 Å². The van der Waals surface area contributed by atoms with E-state index in [1.54, 1.807) is 0 Å². The van der Waals surface area contributed by atoms with Gasteiger partial charge in [0.1, 0.15) is 0 Å². The maximum atomic E-state index is 8.94. The summed E-state index contributed by atoms with van der Waals surface area (Å²) in [7, 11) is 0. The molecule has 0 saturated heterocycles. The number of imidazole rings is 1. The van der Waals surface area contributed by atoms with E-state index in [1.807, 2.05) is 48.7 Å². The molecule has 16 rings (SSSR count). The molecular weight excluding hydrogens is 1270 g/mol. The average Bonchev–Trinajstić information content (AvgIpc) is 1.38. The van der Waals surface area contributed by atoms with Crippen LogP contribution >= 0.6 is 0 Å². The molecule has 12 aromatic carbocycles. The Labute approximate surface area is 534 Å². The van der Waals surface area contributed by atoms with Crippen molar-refractivity contribution >= 4 is 60.2 Å². The number of pyridine rings is 1. The van der Waals surface area contributed by atoms with Gasteiger partial charge in [-0.15, -0.1) is 0 Å². The van der Waals surface area contributed by atoms with Crippen molar-refractivity contribution in [2.45, 2.75) is 26.2 Å². The fraction of sp³-hybridized carbons (Fsp3) is 0.0488. The Balaban J connectivity index is 1.01. The van der Waals surface area contributed by atoms with E-state index in [1.165, 1.54) is 0 Å². The topological polar surface area (TPSA) is 41.3 Å². The summed E-state index contributed by atoms with van der Waals surface area (Å²) in [5, 5.41) is 3.66. The molecule has 0 aliphatic rings. The number of ether oxygens (including phenoxy) is 1. The third-order valence-corrected chi connectivity index (χ3v) is 18.0. The van der Waals surface area contributed by atoms with E-state index in [0.29, 0.717) is 28.4 Å². The molecular formula is C82H57N5OPt-2. The molecule has 0 fully saturated rings. The molecule has 16 aromatic rings. The fourth-order valence-electron chi connectivity index (χ4n) is 12.8. The molecule has 0 saturated carbocycles. The van der Waals surface area contributed by atoms with E-state index in [-0.39, 0.29) is 23.1 Å². The van der Waals surface area contributed by atoms with Gasteiger partial charge in [0.15, 0.2) is 0 Å². The summed E-state index contributed by atoms with van der Waals surface area (Å²) >= 11 is 2.54. The third-order valence-electron chi connectivity index (χ3n) is 17.0. The Morgan fingerprint density at radius 3 is 1.52 bits per heavy atom. The van der Waals surface area contributed by atoms with Crippen LogP contribution in [0.15, 0.2) is 291 Å². The first-order valence-corrected chi connectivity index (χ1v) is 30.8. The predicted molar refractivity (Wildman–Crippen MR) is 363 cm³/mol. The zero-order chi connectivity index (χ0) is 64.1. The number of aromatic nitrogens is 5. The minimum absolute atomic E-state index is 0.127. The average molecular weight is 1330 g/mol. The number of nitrogens with zero attached hydrogens (tertiary/aromatic N) is 5. The molecule has 428 valence electrons. The van der Waals surface area contributed by atoms with Gasteiger partial charge in [0.25, 0.3) is 0 Å². The smallest absolute Gasteiger partial charge is 0.0617 e. The molecule has 0 radical (unpaired) electrons. The van der Waals surface area contributed by atoms with Gasteiger partial charge in [0.05, 0.1) is 6.85 Å². The Bertz CT molecular complexity index is 5690. The van der Waals surface area contributed by atoms with Crippen LogP contribution < -0.4 is 4.74 Å². The van der Waals surface area contributed by atoms with Crippen molar-refractivity contribution in [3.63, 3.8) is 0 Å². The van der Waals surface area contributed by atoms with Gasteiger partial charge in [0, 0.05) is 6.20 Å². The molecule has 0 spiro atoms. The van der Waals surface area contributed by atoms with Crippen molar-refractivity contribution in [3.8, 4) is 84.3 Å². The zero-order valence-corrected chi connectivity index (χ0v) is 51.1. The molecule has 0 amide bonds. The van der Waals surface area contributed by atoms with Crippen LogP contribution in [0, 0.1) is 15.9 Å². The van der Waals surface area contributed by atoms with Crippen LogP contribution in [-0.4, -0.2) is 23.1 Å². The van der Waals surface area contributed by atoms with Crippen LogP contribution in [-0.2, 0) is 24.8 Å². The minimum Gasteiger partial charge on any atom is -0.0617 e. The fourth-order valence-corrected chi connectivity index (χ4v) is 13.9. The summed E-state index contributed by atoms with van der Waals surface area (Å²) in [4.78, 5) is 4.98. The van der Waals surface area contributed by atoms with Crippen LogP contribution in [0.25, 0.3) is 133 Å². The van der Waals surface area contributed by atoms with Crippen LogP contribution in [0.5, 0.6) is 11.5 Å². The third kappa shape index (κ3) is 9.30. The predicted octanol–water partition coefficient (Wildman–Crippen LogP) is 21.1.